The molecule has 0 aromatic heterocycles. The van der Waals surface area contributed by atoms with Crippen molar-refractivity contribution in [3.63, 3.8) is 0 Å². The Kier molecular flexibility index (Phi) is 5.54. The zero-order valence-electron chi connectivity index (χ0n) is 20.9. The quantitative estimate of drug-likeness (QED) is 0.432. The predicted molar refractivity (Wildman–Crippen MR) is 128 cm³/mol. The third-order valence-corrected chi connectivity index (χ3v) is 15.5. The molecule has 0 N–H and O–H groups in total. The number of rotatable bonds is 3. The van der Waals surface area contributed by atoms with E-state index in [1.54, 1.807) is 0 Å². The Bertz CT molecular complexity index is 732. The topological polar surface area (TPSA) is 26.3 Å². The first-order valence-electron chi connectivity index (χ1n) is 12.7. The van der Waals surface area contributed by atoms with Crippen LogP contribution in [0.4, 0.5) is 0 Å². The number of carbonyl (C=O) groups excluding carboxylic acids is 1. The van der Waals surface area contributed by atoms with Crippen LogP contribution >= 0.6 is 0 Å². The highest BCUT2D eigenvalue weighted by atomic mass is 28.4. The Hall–Kier alpha value is -0.413. The summed E-state index contributed by atoms with van der Waals surface area (Å²) in [7, 11) is -1.74. The first-order valence-corrected chi connectivity index (χ1v) is 15.6. The van der Waals surface area contributed by atoms with Crippen molar-refractivity contribution in [2.24, 2.45) is 34.5 Å². The summed E-state index contributed by atoms with van der Waals surface area (Å²) in [4.78, 5) is 12.1. The number of ketones is 1. The number of allylic oxidation sites excluding steroid dienone is 1. The largest absolute Gasteiger partial charge is 0.414 e. The van der Waals surface area contributed by atoms with Gasteiger partial charge in [-0.05, 0) is 111 Å². The lowest BCUT2D eigenvalue weighted by atomic mass is 9.46. The van der Waals surface area contributed by atoms with E-state index in [1.165, 1.54) is 37.7 Å². The lowest BCUT2D eigenvalue weighted by Gasteiger charge is -2.58. The van der Waals surface area contributed by atoms with Gasteiger partial charge in [0.25, 0.3) is 0 Å². The van der Waals surface area contributed by atoms with Crippen molar-refractivity contribution in [1.82, 2.24) is 0 Å². The van der Waals surface area contributed by atoms with Crippen molar-refractivity contribution in [3.8, 4) is 0 Å². The Morgan fingerprint density at radius 1 is 1.03 bits per heavy atom. The normalized spacial score (nSPS) is 42.8. The Morgan fingerprint density at radius 2 is 1.73 bits per heavy atom. The SMILES string of the molecule is CC(O[Si](C)(C)C(C)(C)C)C1CCC2C3CCC4=CC(=O)CCC4(C)C3CCC12C. The average Bonchev–Trinajstić information content (AvgIpc) is 2.98. The molecular weight excluding hydrogens is 384 g/mol. The monoisotopic (exact) mass is 430 g/mol. The number of fused-ring (bicyclic) bond motifs is 5. The standard InChI is InChI=1S/C27H46O2Si/c1-18(29-30(7,8)25(2,3)4)22-11-12-23-21-10-9-19-17-20(28)13-15-26(19,5)24(21)14-16-27(22,23)6/h17-18,21-24H,9-16H2,1-8H3. The van der Waals surface area contributed by atoms with E-state index in [2.05, 4.69) is 54.6 Å². The van der Waals surface area contributed by atoms with Gasteiger partial charge in [0.1, 0.15) is 0 Å². The second-order valence-electron chi connectivity index (χ2n) is 13.3. The van der Waals surface area contributed by atoms with Crippen LogP contribution < -0.4 is 0 Å². The van der Waals surface area contributed by atoms with Crippen LogP contribution in [-0.2, 0) is 9.22 Å². The maximum atomic E-state index is 12.1. The van der Waals surface area contributed by atoms with Crippen molar-refractivity contribution in [1.29, 1.82) is 0 Å². The third kappa shape index (κ3) is 3.41. The molecule has 0 radical (unpaired) electrons. The molecule has 3 heteroatoms. The summed E-state index contributed by atoms with van der Waals surface area (Å²) in [5.74, 6) is 3.57. The molecule has 4 aliphatic carbocycles. The number of hydrogen-bond donors (Lipinski definition) is 0. The van der Waals surface area contributed by atoms with Gasteiger partial charge in [-0.3, -0.25) is 4.79 Å². The minimum absolute atomic E-state index is 0.275. The smallest absolute Gasteiger partial charge is 0.192 e. The maximum Gasteiger partial charge on any atom is 0.192 e. The molecule has 4 aliphatic rings. The van der Waals surface area contributed by atoms with E-state index in [0.29, 0.717) is 28.6 Å². The third-order valence-electron chi connectivity index (χ3n) is 10.9. The summed E-state index contributed by atoms with van der Waals surface area (Å²) in [6.45, 7) is 19.4. The zero-order chi connectivity index (χ0) is 22.1. The van der Waals surface area contributed by atoms with Gasteiger partial charge in [-0.1, -0.05) is 40.2 Å². The summed E-state index contributed by atoms with van der Waals surface area (Å²) in [6.07, 6.45) is 12.2. The van der Waals surface area contributed by atoms with E-state index in [0.717, 1.165) is 37.0 Å². The molecule has 0 spiro atoms. The van der Waals surface area contributed by atoms with Gasteiger partial charge in [0, 0.05) is 12.5 Å². The van der Waals surface area contributed by atoms with Crippen molar-refractivity contribution in [3.05, 3.63) is 11.6 Å². The Balaban J connectivity index is 1.55. The second-order valence-corrected chi connectivity index (χ2v) is 18.0. The fourth-order valence-electron chi connectivity index (χ4n) is 8.09. The lowest BCUT2D eigenvalue weighted by Crippen LogP contribution is -2.52. The summed E-state index contributed by atoms with van der Waals surface area (Å²) in [6, 6.07) is 0. The molecule has 30 heavy (non-hydrogen) atoms. The molecule has 2 nitrogen and oxygen atoms in total. The Morgan fingerprint density at radius 3 is 2.40 bits per heavy atom. The predicted octanol–water partition coefficient (Wildman–Crippen LogP) is 7.54. The van der Waals surface area contributed by atoms with Gasteiger partial charge in [0.15, 0.2) is 14.1 Å². The maximum absolute atomic E-state index is 12.1. The van der Waals surface area contributed by atoms with E-state index >= 15 is 0 Å². The lowest BCUT2D eigenvalue weighted by molar-refractivity contribution is -0.117. The molecule has 0 aromatic carbocycles. The highest BCUT2D eigenvalue weighted by Crippen LogP contribution is 2.67. The summed E-state index contributed by atoms with van der Waals surface area (Å²) in [5.41, 5.74) is 2.22. The van der Waals surface area contributed by atoms with Crippen LogP contribution in [0.15, 0.2) is 11.6 Å². The molecule has 0 saturated heterocycles. The molecule has 3 fully saturated rings. The molecule has 7 unspecified atom stereocenters. The average molecular weight is 431 g/mol. The molecule has 0 bridgehead atoms. The Labute approximate surface area is 186 Å². The van der Waals surface area contributed by atoms with Crippen LogP contribution in [-0.4, -0.2) is 20.2 Å². The van der Waals surface area contributed by atoms with Gasteiger partial charge < -0.3 is 4.43 Å². The highest BCUT2D eigenvalue weighted by Gasteiger charge is 2.60. The van der Waals surface area contributed by atoms with Crippen molar-refractivity contribution >= 4 is 14.1 Å². The molecule has 7 atom stereocenters. The van der Waals surface area contributed by atoms with Crippen molar-refractivity contribution in [2.75, 3.05) is 0 Å². The molecule has 0 aliphatic heterocycles. The minimum Gasteiger partial charge on any atom is -0.414 e. The molecule has 3 saturated carbocycles. The number of carbonyl (C=O) groups is 1. The van der Waals surface area contributed by atoms with Crippen LogP contribution in [0.1, 0.15) is 92.9 Å². The van der Waals surface area contributed by atoms with Crippen LogP contribution in [0.3, 0.4) is 0 Å². The summed E-state index contributed by atoms with van der Waals surface area (Å²) >= 11 is 0. The number of hydrogen-bond acceptors (Lipinski definition) is 2. The van der Waals surface area contributed by atoms with E-state index in [4.69, 9.17) is 4.43 Å². The second kappa shape index (κ2) is 7.30. The molecular formula is C27H46O2Si. The molecule has 4 rings (SSSR count). The fraction of sp³-hybridized carbons (Fsp3) is 0.889. The first-order chi connectivity index (χ1) is 13.8. The van der Waals surface area contributed by atoms with Gasteiger partial charge in [0.2, 0.25) is 0 Å². The van der Waals surface area contributed by atoms with Crippen LogP contribution in [0.25, 0.3) is 0 Å². The van der Waals surface area contributed by atoms with E-state index < -0.39 is 8.32 Å². The van der Waals surface area contributed by atoms with Gasteiger partial charge in [-0.15, -0.1) is 0 Å². The van der Waals surface area contributed by atoms with Gasteiger partial charge >= 0.3 is 0 Å². The van der Waals surface area contributed by atoms with Crippen molar-refractivity contribution < 1.29 is 9.22 Å². The molecule has 0 aromatic rings. The van der Waals surface area contributed by atoms with Gasteiger partial charge in [-0.2, -0.15) is 0 Å². The van der Waals surface area contributed by atoms with Crippen LogP contribution in [0.5, 0.6) is 0 Å². The van der Waals surface area contributed by atoms with Gasteiger partial charge in [-0.25, -0.2) is 0 Å². The van der Waals surface area contributed by atoms with Crippen LogP contribution in [0, 0.1) is 34.5 Å². The molecule has 170 valence electrons. The molecule has 0 amide bonds. The highest BCUT2D eigenvalue weighted by molar-refractivity contribution is 6.74. The van der Waals surface area contributed by atoms with Gasteiger partial charge in [0.05, 0.1) is 0 Å². The summed E-state index contributed by atoms with van der Waals surface area (Å²) in [5, 5.41) is 0.275. The zero-order valence-corrected chi connectivity index (χ0v) is 21.9. The fourth-order valence-corrected chi connectivity index (χ4v) is 9.54. The van der Waals surface area contributed by atoms with E-state index in [1.807, 2.05) is 6.08 Å². The van der Waals surface area contributed by atoms with Crippen LogP contribution in [0.2, 0.25) is 18.1 Å². The van der Waals surface area contributed by atoms with E-state index in [-0.39, 0.29) is 5.04 Å². The van der Waals surface area contributed by atoms with Crippen molar-refractivity contribution in [2.45, 2.75) is 117 Å². The first kappa shape index (κ1) is 22.8. The van der Waals surface area contributed by atoms with E-state index in [9.17, 15) is 4.79 Å². The molecule has 0 heterocycles. The summed E-state index contributed by atoms with van der Waals surface area (Å²) < 4.78 is 6.95. The minimum atomic E-state index is -1.74.